The van der Waals surface area contributed by atoms with E-state index in [0.717, 1.165) is 37.0 Å². The van der Waals surface area contributed by atoms with Crippen molar-refractivity contribution in [2.24, 2.45) is 5.73 Å². The molecule has 2 aromatic rings. The fourth-order valence-corrected chi connectivity index (χ4v) is 4.15. The van der Waals surface area contributed by atoms with Gasteiger partial charge in [-0.3, -0.25) is 4.79 Å². The summed E-state index contributed by atoms with van der Waals surface area (Å²) >= 11 is 1.62. The van der Waals surface area contributed by atoms with Gasteiger partial charge in [0.1, 0.15) is 0 Å². The second-order valence-electron chi connectivity index (χ2n) is 7.64. The molecular weight excluding hydrogens is 342 g/mol. The van der Waals surface area contributed by atoms with E-state index in [0.29, 0.717) is 6.42 Å². The third kappa shape index (κ3) is 6.35. The van der Waals surface area contributed by atoms with Crippen LogP contribution in [0, 0.1) is 13.8 Å². The molecule has 0 spiro atoms. The number of aliphatic hydroxyl groups is 1. The fraction of sp³-hybridized carbons (Fsp3) is 0.500. The van der Waals surface area contributed by atoms with E-state index in [1.54, 1.807) is 11.3 Å². The van der Waals surface area contributed by atoms with E-state index in [9.17, 15) is 9.90 Å². The van der Waals surface area contributed by atoms with Crippen molar-refractivity contribution in [1.29, 1.82) is 0 Å². The molecule has 0 radical (unpaired) electrons. The van der Waals surface area contributed by atoms with Gasteiger partial charge in [0.25, 0.3) is 0 Å². The van der Waals surface area contributed by atoms with Crippen LogP contribution in [0.3, 0.4) is 0 Å². The van der Waals surface area contributed by atoms with Crippen LogP contribution in [-0.2, 0) is 12.8 Å². The monoisotopic (exact) mass is 373 g/mol. The molecule has 0 fully saturated rings. The van der Waals surface area contributed by atoms with Gasteiger partial charge in [0, 0.05) is 16.8 Å². The Morgan fingerprint density at radius 1 is 1.15 bits per heavy atom. The molecule has 2 rings (SSSR count). The molecule has 3 N–H and O–H groups in total. The minimum absolute atomic E-state index is 0.00113. The first kappa shape index (κ1) is 20.8. The van der Waals surface area contributed by atoms with Crippen molar-refractivity contribution in [3.05, 3.63) is 56.8 Å². The van der Waals surface area contributed by atoms with Gasteiger partial charge in [0.05, 0.1) is 11.5 Å². The lowest BCUT2D eigenvalue weighted by atomic mass is 9.96. The highest BCUT2D eigenvalue weighted by Gasteiger charge is 2.17. The zero-order chi connectivity index (χ0) is 19.2. The van der Waals surface area contributed by atoms with Crippen molar-refractivity contribution in [2.75, 3.05) is 6.61 Å². The predicted octanol–water partition coefficient (Wildman–Crippen LogP) is 4.60. The highest BCUT2D eigenvalue weighted by molar-refractivity contribution is 7.14. The van der Waals surface area contributed by atoms with Crippen LogP contribution >= 0.6 is 11.3 Å². The Labute approximate surface area is 161 Å². The summed E-state index contributed by atoms with van der Waals surface area (Å²) in [4.78, 5) is 14.6. The lowest BCUT2D eigenvalue weighted by molar-refractivity contribution is 0.0984. The molecular formula is C22H31NO2S. The van der Waals surface area contributed by atoms with Crippen molar-refractivity contribution in [2.45, 2.75) is 64.8 Å². The number of ketones is 1. The second-order valence-corrected chi connectivity index (χ2v) is 8.78. The average Bonchev–Trinajstić information content (AvgIpc) is 2.97. The van der Waals surface area contributed by atoms with Crippen molar-refractivity contribution in [3.63, 3.8) is 0 Å². The molecule has 1 aromatic heterocycles. The molecule has 1 aromatic carbocycles. The lowest BCUT2D eigenvalue weighted by Crippen LogP contribution is -2.40. The first-order valence-corrected chi connectivity index (χ1v) is 10.2. The number of aliphatic hydroxyl groups excluding tert-OH is 1. The van der Waals surface area contributed by atoms with Crippen molar-refractivity contribution < 1.29 is 9.90 Å². The average molecular weight is 374 g/mol. The number of aryl methyl sites for hydroxylation is 4. The Kier molecular flexibility index (Phi) is 7.56. The zero-order valence-electron chi connectivity index (χ0n) is 16.2. The molecule has 3 nitrogen and oxygen atoms in total. The van der Waals surface area contributed by atoms with Gasteiger partial charge in [-0.2, -0.15) is 0 Å². The maximum absolute atomic E-state index is 12.5. The van der Waals surface area contributed by atoms with Gasteiger partial charge in [0.2, 0.25) is 0 Å². The molecule has 0 aliphatic rings. The van der Waals surface area contributed by atoms with Gasteiger partial charge in [0.15, 0.2) is 5.78 Å². The summed E-state index contributed by atoms with van der Waals surface area (Å²) in [5.74, 6) is 0.246. The number of thiophene rings is 1. The summed E-state index contributed by atoms with van der Waals surface area (Å²) in [6.45, 7) is 6.03. The van der Waals surface area contributed by atoms with Crippen molar-refractivity contribution in [1.82, 2.24) is 0 Å². The van der Waals surface area contributed by atoms with Crippen LogP contribution in [0.25, 0.3) is 0 Å². The summed E-state index contributed by atoms with van der Waals surface area (Å²) in [6.07, 6.45) is 5.05. The first-order valence-electron chi connectivity index (χ1n) is 9.38. The number of nitrogens with two attached hydrogens (primary N) is 1. The van der Waals surface area contributed by atoms with Crippen LogP contribution in [0.5, 0.6) is 0 Å². The number of benzene rings is 1. The largest absolute Gasteiger partial charge is 0.394 e. The third-order valence-electron chi connectivity index (χ3n) is 4.80. The second kappa shape index (κ2) is 9.45. The normalized spacial score (nSPS) is 13.6. The molecule has 0 bridgehead atoms. The van der Waals surface area contributed by atoms with E-state index in [2.05, 4.69) is 38.1 Å². The Morgan fingerprint density at radius 2 is 1.85 bits per heavy atom. The van der Waals surface area contributed by atoms with E-state index in [1.165, 1.54) is 21.6 Å². The van der Waals surface area contributed by atoms with E-state index in [-0.39, 0.29) is 12.4 Å². The first-order chi connectivity index (χ1) is 12.3. The van der Waals surface area contributed by atoms with Gasteiger partial charge < -0.3 is 10.8 Å². The summed E-state index contributed by atoms with van der Waals surface area (Å²) in [5.41, 5.74) is 9.22. The van der Waals surface area contributed by atoms with Crippen molar-refractivity contribution in [3.8, 4) is 0 Å². The fourth-order valence-electron chi connectivity index (χ4n) is 2.97. The molecule has 0 aliphatic carbocycles. The summed E-state index contributed by atoms with van der Waals surface area (Å²) in [7, 11) is 0. The van der Waals surface area contributed by atoms with Gasteiger partial charge in [-0.15, -0.1) is 11.3 Å². The van der Waals surface area contributed by atoms with Gasteiger partial charge in [-0.1, -0.05) is 29.8 Å². The smallest absolute Gasteiger partial charge is 0.172 e. The molecule has 0 aliphatic heterocycles. The third-order valence-corrected chi connectivity index (χ3v) is 6.14. The SMILES string of the molecule is Cc1ccc(CCCC(=O)c2cc(C)c(CCCC(C)(N)CO)s2)cc1. The van der Waals surface area contributed by atoms with Crippen LogP contribution in [0.2, 0.25) is 0 Å². The van der Waals surface area contributed by atoms with Crippen LogP contribution < -0.4 is 5.73 Å². The van der Waals surface area contributed by atoms with Crippen LogP contribution in [0.15, 0.2) is 30.3 Å². The minimum atomic E-state index is -0.514. The number of carbonyl (C=O) groups is 1. The standard InChI is InChI=1S/C22H31NO2S/c1-16-9-11-18(12-10-16)6-4-7-19(25)21-14-17(2)20(26-21)8-5-13-22(3,23)15-24/h9-12,14,24H,4-8,13,15,23H2,1-3H3. The number of hydrogen-bond acceptors (Lipinski definition) is 4. The maximum atomic E-state index is 12.5. The Hall–Kier alpha value is -1.49. The number of carbonyl (C=O) groups excluding carboxylic acids is 1. The highest BCUT2D eigenvalue weighted by Crippen LogP contribution is 2.26. The molecule has 4 heteroatoms. The number of Topliss-reactive ketones (excluding diaryl/α,β-unsaturated/α-hetero) is 1. The molecule has 1 heterocycles. The molecule has 0 amide bonds. The Morgan fingerprint density at radius 3 is 2.50 bits per heavy atom. The highest BCUT2D eigenvalue weighted by atomic mass is 32.1. The summed E-state index contributed by atoms with van der Waals surface area (Å²) in [5, 5.41) is 9.23. The van der Waals surface area contributed by atoms with Gasteiger partial charge in [-0.05, 0) is 70.1 Å². The van der Waals surface area contributed by atoms with Crippen LogP contribution in [-0.4, -0.2) is 23.0 Å². The van der Waals surface area contributed by atoms with E-state index in [1.807, 2.05) is 13.0 Å². The van der Waals surface area contributed by atoms with E-state index < -0.39 is 5.54 Å². The number of rotatable bonds is 10. The Bertz CT molecular complexity index is 716. The van der Waals surface area contributed by atoms with Gasteiger partial charge >= 0.3 is 0 Å². The zero-order valence-corrected chi connectivity index (χ0v) is 17.0. The maximum Gasteiger partial charge on any atom is 0.172 e. The van der Waals surface area contributed by atoms with E-state index in [4.69, 9.17) is 5.73 Å². The Balaban J connectivity index is 1.82. The molecule has 1 unspecified atom stereocenters. The molecule has 142 valence electrons. The molecule has 0 saturated carbocycles. The quantitative estimate of drug-likeness (QED) is 0.598. The van der Waals surface area contributed by atoms with E-state index >= 15 is 0 Å². The van der Waals surface area contributed by atoms with Crippen LogP contribution in [0.1, 0.15) is 63.8 Å². The van der Waals surface area contributed by atoms with Crippen molar-refractivity contribution >= 4 is 17.1 Å². The van der Waals surface area contributed by atoms with Crippen LogP contribution in [0.4, 0.5) is 0 Å². The predicted molar refractivity (Wildman–Crippen MR) is 110 cm³/mol. The lowest BCUT2D eigenvalue weighted by Gasteiger charge is -2.21. The molecule has 26 heavy (non-hydrogen) atoms. The molecule has 0 saturated heterocycles. The molecule has 1 atom stereocenters. The van der Waals surface area contributed by atoms with Gasteiger partial charge in [-0.25, -0.2) is 0 Å². The summed E-state index contributed by atoms with van der Waals surface area (Å²) in [6, 6.07) is 10.6. The number of hydrogen-bond donors (Lipinski definition) is 2. The minimum Gasteiger partial charge on any atom is -0.394 e. The summed E-state index contributed by atoms with van der Waals surface area (Å²) < 4.78 is 0. The topological polar surface area (TPSA) is 63.3 Å².